The molecule has 0 aromatic heterocycles. The van der Waals surface area contributed by atoms with Crippen molar-refractivity contribution < 1.29 is 9.18 Å². The van der Waals surface area contributed by atoms with Crippen molar-refractivity contribution in [2.75, 3.05) is 11.1 Å². The summed E-state index contributed by atoms with van der Waals surface area (Å²) < 4.78 is 13.1. The van der Waals surface area contributed by atoms with Crippen molar-refractivity contribution in [3.63, 3.8) is 0 Å². The van der Waals surface area contributed by atoms with Crippen LogP contribution < -0.4 is 11.1 Å². The van der Waals surface area contributed by atoms with Gasteiger partial charge in [0.2, 0.25) is 5.91 Å². The van der Waals surface area contributed by atoms with Crippen LogP contribution in [0.3, 0.4) is 0 Å². The highest BCUT2D eigenvalue weighted by Gasteiger charge is 2.12. The fourth-order valence-electron chi connectivity index (χ4n) is 1.59. The number of nitrogens with one attached hydrogen (secondary N) is 1. The Morgan fingerprint density at radius 1 is 1.47 bits per heavy atom. The number of benzene rings is 1. The highest BCUT2D eigenvalue weighted by Crippen LogP contribution is 2.17. The molecule has 1 aromatic rings. The maximum Gasteiger partial charge on any atom is 0.227 e. The van der Waals surface area contributed by atoms with Crippen molar-refractivity contribution in [2.45, 2.75) is 33.1 Å². The lowest BCUT2D eigenvalue weighted by molar-refractivity contribution is -0.119. The fraction of sp³-hybridized carbons (Fsp3) is 0.462. The normalized spacial score (nSPS) is 12.2. The Balaban J connectivity index is 2.61. The van der Waals surface area contributed by atoms with Crippen LogP contribution in [0.5, 0.6) is 0 Å². The van der Waals surface area contributed by atoms with Crippen molar-refractivity contribution in [3.05, 3.63) is 24.0 Å². The molecular formula is C13H19FN2O. The summed E-state index contributed by atoms with van der Waals surface area (Å²) in [4.78, 5) is 11.8. The lowest BCUT2D eigenvalue weighted by atomic mass is 10.0. The first-order valence-corrected chi connectivity index (χ1v) is 5.90. The van der Waals surface area contributed by atoms with E-state index < -0.39 is 5.82 Å². The lowest BCUT2D eigenvalue weighted by Crippen LogP contribution is -2.20. The largest absolute Gasteiger partial charge is 0.399 e. The van der Waals surface area contributed by atoms with Crippen LogP contribution in [0.1, 0.15) is 33.1 Å². The van der Waals surface area contributed by atoms with Crippen LogP contribution in [0, 0.1) is 11.7 Å². The van der Waals surface area contributed by atoms with E-state index in [-0.39, 0.29) is 11.8 Å². The predicted octanol–water partition coefficient (Wildman–Crippen LogP) is 3.17. The topological polar surface area (TPSA) is 55.1 Å². The highest BCUT2D eigenvalue weighted by atomic mass is 19.1. The number of hydrogen-bond acceptors (Lipinski definition) is 2. The molecule has 1 amide bonds. The van der Waals surface area contributed by atoms with Gasteiger partial charge in [-0.05, 0) is 24.6 Å². The van der Waals surface area contributed by atoms with Crippen LogP contribution in [-0.2, 0) is 4.79 Å². The molecular weight excluding hydrogens is 219 g/mol. The summed E-state index contributed by atoms with van der Waals surface area (Å²) in [5, 5.41) is 2.67. The molecule has 3 N–H and O–H groups in total. The van der Waals surface area contributed by atoms with E-state index in [1.807, 2.05) is 6.92 Å². The van der Waals surface area contributed by atoms with E-state index >= 15 is 0 Å². The summed E-state index contributed by atoms with van der Waals surface area (Å²) >= 11 is 0. The van der Waals surface area contributed by atoms with Gasteiger partial charge in [-0.3, -0.25) is 4.79 Å². The molecule has 4 heteroatoms. The standard InChI is InChI=1S/C13H19FN2O/c1-3-4-5-9(2)13(17)16-12-7-10(14)6-11(15)8-12/h6-9H,3-5,15H2,1-2H3,(H,16,17). The van der Waals surface area contributed by atoms with E-state index in [0.29, 0.717) is 11.4 Å². The van der Waals surface area contributed by atoms with E-state index in [2.05, 4.69) is 12.2 Å². The molecule has 94 valence electrons. The van der Waals surface area contributed by atoms with Gasteiger partial charge in [-0.15, -0.1) is 0 Å². The Kier molecular flexibility index (Phi) is 4.94. The smallest absolute Gasteiger partial charge is 0.227 e. The van der Waals surface area contributed by atoms with E-state index in [0.717, 1.165) is 19.3 Å². The molecule has 0 aliphatic rings. The van der Waals surface area contributed by atoms with Gasteiger partial charge in [0, 0.05) is 17.3 Å². The summed E-state index contributed by atoms with van der Waals surface area (Å²) in [5.74, 6) is -0.607. The summed E-state index contributed by atoms with van der Waals surface area (Å²) in [5.41, 5.74) is 6.22. The number of rotatable bonds is 5. The van der Waals surface area contributed by atoms with Gasteiger partial charge in [-0.1, -0.05) is 26.7 Å². The maximum absolute atomic E-state index is 13.1. The van der Waals surface area contributed by atoms with Crippen LogP contribution >= 0.6 is 0 Å². The van der Waals surface area contributed by atoms with E-state index in [1.54, 1.807) is 6.07 Å². The molecule has 17 heavy (non-hydrogen) atoms. The molecule has 0 saturated carbocycles. The van der Waals surface area contributed by atoms with Gasteiger partial charge in [0.25, 0.3) is 0 Å². The third kappa shape index (κ3) is 4.43. The average molecular weight is 238 g/mol. The number of hydrogen-bond donors (Lipinski definition) is 2. The molecule has 0 spiro atoms. The van der Waals surface area contributed by atoms with Crippen LogP contribution in [-0.4, -0.2) is 5.91 Å². The summed E-state index contributed by atoms with van der Waals surface area (Å²) in [6, 6.07) is 4.03. The molecule has 1 unspecified atom stereocenters. The van der Waals surface area contributed by atoms with Crippen molar-refractivity contribution in [1.29, 1.82) is 0 Å². The zero-order valence-corrected chi connectivity index (χ0v) is 10.3. The van der Waals surface area contributed by atoms with E-state index in [4.69, 9.17) is 5.73 Å². The summed E-state index contributed by atoms with van der Waals surface area (Å²) in [6.07, 6.45) is 2.91. The predicted molar refractivity (Wildman–Crippen MR) is 68.1 cm³/mol. The van der Waals surface area contributed by atoms with Gasteiger partial charge in [0.1, 0.15) is 5.82 Å². The third-order valence-corrected chi connectivity index (χ3v) is 2.63. The van der Waals surface area contributed by atoms with E-state index in [9.17, 15) is 9.18 Å². The molecule has 0 aliphatic heterocycles. The first-order chi connectivity index (χ1) is 8.02. The lowest BCUT2D eigenvalue weighted by Gasteiger charge is -2.12. The Bertz CT molecular complexity index is 373. The third-order valence-electron chi connectivity index (χ3n) is 2.63. The minimum Gasteiger partial charge on any atom is -0.399 e. The van der Waals surface area contributed by atoms with Gasteiger partial charge < -0.3 is 11.1 Å². The summed E-state index contributed by atoms with van der Waals surface area (Å²) in [6.45, 7) is 3.95. The second-order valence-corrected chi connectivity index (χ2v) is 4.31. The zero-order valence-electron chi connectivity index (χ0n) is 10.3. The van der Waals surface area contributed by atoms with Crippen LogP contribution in [0.15, 0.2) is 18.2 Å². The first-order valence-electron chi connectivity index (χ1n) is 5.90. The second-order valence-electron chi connectivity index (χ2n) is 4.31. The molecule has 1 aromatic carbocycles. The zero-order chi connectivity index (χ0) is 12.8. The molecule has 0 bridgehead atoms. The number of anilines is 2. The van der Waals surface area contributed by atoms with Crippen molar-refractivity contribution >= 4 is 17.3 Å². The SMILES string of the molecule is CCCCC(C)C(=O)Nc1cc(N)cc(F)c1. The minimum absolute atomic E-state index is 0.0700. The van der Waals surface area contributed by atoms with Crippen LogP contribution in [0.4, 0.5) is 15.8 Å². The number of carbonyl (C=O) groups excluding carboxylic acids is 1. The van der Waals surface area contributed by atoms with Gasteiger partial charge in [-0.2, -0.15) is 0 Å². The Morgan fingerprint density at radius 2 is 2.18 bits per heavy atom. The average Bonchev–Trinajstić information content (AvgIpc) is 2.24. The van der Waals surface area contributed by atoms with Gasteiger partial charge in [0.05, 0.1) is 0 Å². The molecule has 0 fully saturated rings. The monoisotopic (exact) mass is 238 g/mol. The number of halogens is 1. The fourth-order valence-corrected chi connectivity index (χ4v) is 1.59. The molecule has 1 atom stereocenters. The highest BCUT2D eigenvalue weighted by molar-refractivity contribution is 5.92. The second kappa shape index (κ2) is 6.23. The van der Waals surface area contributed by atoms with Crippen molar-refractivity contribution in [3.8, 4) is 0 Å². The molecule has 0 aliphatic carbocycles. The Morgan fingerprint density at radius 3 is 2.76 bits per heavy atom. The molecule has 0 radical (unpaired) electrons. The molecule has 0 heterocycles. The van der Waals surface area contributed by atoms with Crippen molar-refractivity contribution in [1.82, 2.24) is 0 Å². The van der Waals surface area contributed by atoms with Gasteiger partial charge in [-0.25, -0.2) is 4.39 Å². The quantitative estimate of drug-likeness (QED) is 0.774. The summed E-state index contributed by atoms with van der Waals surface area (Å²) in [7, 11) is 0. The number of amides is 1. The first kappa shape index (κ1) is 13.5. The Labute approximate surface area is 101 Å². The number of nitrogen functional groups attached to an aromatic ring is 1. The maximum atomic E-state index is 13.1. The van der Waals surface area contributed by atoms with Gasteiger partial charge in [0.15, 0.2) is 0 Å². The van der Waals surface area contributed by atoms with Crippen LogP contribution in [0.2, 0.25) is 0 Å². The van der Waals surface area contributed by atoms with Crippen molar-refractivity contribution in [2.24, 2.45) is 5.92 Å². The Hall–Kier alpha value is -1.58. The number of nitrogens with two attached hydrogens (primary N) is 1. The van der Waals surface area contributed by atoms with Gasteiger partial charge >= 0.3 is 0 Å². The molecule has 0 saturated heterocycles. The minimum atomic E-state index is -0.443. The molecule has 1 rings (SSSR count). The van der Waals surface area contributed by atoms with E-state index in [1.165, 1.54) is 12.1 Å². The molecule has 3 nitrogen and oxygen atoms in total. The number of unbranched alkanes of at least 4 members (excludes halogenated alkanes) is 1. The van der Waals surface area contributed by atoms with Crippen LogP contribution in [0.25, 0.3) is 0 Å². The number of carbonyl (C=O) groups is 1.